The summed E-state index contributed by atoms with van der Waals surface area (Å²) in [7, 11) is 0. The molecule has 0 bridgehead atoms. The number of carbonyl (C=O) groups is 2. The molecule has 3 N–H and O–H groups in total. The van der Waals surface area contributed by atoms with Crippen molar-refractivity contribution in [2.45, 2.75) is 13.8 Å². The van der Waals surface area contributed by atoms with Crippen LogP contribution in [0.15, 0.2) is 10.6 Å². The third kappa shape index (κ3) is 6.27. The predicted octanol–water partition coefficient (Wildman–Crippen LogP) is 0.504. The van der Waals surface area contributed by atoms with Crippen LogP contribution < -0.4 is 11.1 Å². The molecule has 1 aromatic rings. The number of hydrogen-bond acceptors (Lipinski definition) is 6. The molecule has 1 aliphatic heterocycles. The van der Waals surface area contributed by atoms with Crippen molar-refractivity contribution in [2.75, 3.05) is 44.6 Å². The molecule has 2 heterocycles. The van der Waals surface area contributed by atoms with E-state index in [4.69, 9.17) is 10.3 Å². The van der Waals surface area contributed by atoms with Crippen LogP contribution in [0.3, 0.4) is 0 Å². The second-order valence-corrected chi connectivity index (χ2v) is 5.61. The molecule has 138 valence electrons. The minimum absolute atomic E-state index is 0. The van der Waals surface area contributed by atoms with Gasteiger partial charge in [0, 0.05) is 44.7 Å². The minimum Gasteiger partial charge on any atom is -0.360 e. The summed E-state index contributed by atoms with van der Waals surface area (Å²) in [4.78, 5) is 27.8. The summed E-state index contributed by atoms with van der Waals surface area (Å²) >= 11 is 0. The lowest BCUT2D eigenvalue weighted by Gasteiger charge is -2.35. The largest absolute Gasteiger partial charge is 0.360 e. The van der Waals surface area contributed by atoms with E-state index < -0.39 is 0 Å². The molecule has 2 amide bonds. The van der Waals surface area contributed by atoms with Crippen LogP contribution in [-0.4, -0.2) is 66.0 Å². The molecule has 1 atom stereocenters. The van der Waals surface area contributed by atoms with Crippen molar-refractivity contribution in [3.05, 3.63) is 11.8 Å². The Morgan fingerprint density at radius 2 is 1.96 bits per heavy atom. The molecule has 0 radical (unpaired) electrons. The Kier molecular flexibility index (Phi) is 9.91. The lowest BCUT2D eigenvalue weighted by atomic mass is 10.1. The molecule has 2 rings (SSSR count). The lowest BCUT2D eigenvalue weighted by molar-refractivity contribution is -0.136. The summed E-state index contributed by atoms with van der Waals surface area (Å²) in [6, 6.07) is 1.67. The Morgan fingerprint density at radius 1 is 1.33 bits per heavy atom. The Bertz CT molecular complexity index is 532. The van der Waals surface area contributed by atoms with Crippen LogP contribution in [0, 0.1) is 12.8 Å². The van der Waals surface area contributed by atoms with E-state index in [-0.39, 0.29) is 49.1 Å². The predicted molar refractivity (Wildman–Crippen MR) is 95.6 cm³/mol. The van der Waals surface area contributed by atoms with E-state index in [1.165, 1.54) is 0 Å². The fourth-order valence-corrected chi connectivity index (χ4v) is 2.35. The zero-order valence-electron chi connectivity index (χ0n) is 13.9. The third-order valence-corrected chi connectivity index (χ3v) is 3.72. The van der Waals surface area contributed by atoms with E-state index in [0.717, 1.165) is 0 Å². The highest BCUT2D eigenvalue weighted by molar-refractivity contribution is 5.91. The first-order valence-electron chi connectivity index (χ1n) is 7.44. The Hall–Kier alpha value is -1.35. The molecular formula is C14H25Cl2N5O3. The van der Waals surface area contributed by atoms with Gasteiger partial charge in [0.1, 0.15) is 5.76 Å². The average Bonchev–Trinajstić information content (AvgIpc) is 2.91. The van der Waals surface area contributed by atoms with Crippen molar-refractivity contribution in [3.8, 4) is 0 Å². The Labute approximate surface area is 153 Å². The van der Waals surface area contributed by atoms with E-state index in [1.807, 2.05) is 16.7 Å². The number of aryl methyl sites for hydroxylation is 1. The zero-order valence-corrected chi connectivity index (χ0v) is 15.5. The van der Waals surface area contributed by atoms with Crippen LogP contribution in [-0.2, 0) is 9.59 Å². The minimum atomic E-state index is -0.148. The van der Waals surface area contributed by atoms with Crippen molar-refractivity contribution in [2.24, 2.45) is 11.7 Å². The van der Waals surface area contributed by atoms with E-state index >= 15 is 0 Å². The Morgan fingerprint density at radius 3 is 2.46 bits per heavy atom. The number of anilines is 1. The van der Waals surface area contributed by atoms with Crippen LogP contribution >= 0.6 is 24.8 Å². The number of piperazine rings is 1. The van der Waals surface area contributed by atoms with Crippen LogP contribution in [0.1, 0.15) is 12.7 Å². The number of hydrogen-bond donors (Lipinski definition) is 2. The fraction of sp³-hybridized carbons (Fsp3) is 0.643. The average molecular weight is 382 g/mol. The SMILES string of the molecule is Cc1cc(NC(=O)CN2CCN(C(=O)C(C)CN)CC2)no1.Cl.Cl. The maximum atomic E-state index is 12.0. The highest BCUT2D eigenvalue weighted by atomic mass is 35.5. The van der Waals surface area contributed by atoms with Gasteiger partial charge in [0.15, 0.2) is 5.82 Å². The van der Waals surface area contributed by atoms with Gasteiger partial charge in [0.25, 0.3) is 0 Å². The van der Waals surface area contributed by atoms with Gasteiger partial charge in [-0.25, -0.2) is 0 Å². The third-order valence-electron chi connectivity index (χ3n) is 3.72. The number of aromatic nitrogens is 1. The molecule has 0 spiro atoms. The van der Waals surface area contributed by atoms with Crippen LogP contribution in [0.2, 0.25) is 0 Å². The number of nitrogens with one attached hydrogen (secondary N) is 1. The molecule has 0 saturated carbocycles. The van der Waals surface area contributed by atoms with E-state index in [2.05, 4.69) is 10.5 Å². The van der Waals surface area contributed by atoms with Gasteiger partial charge in [-0.05, 0) is 6.92 Å². The van der Waals surface area contributed by atoms with Crippen LogP contribution in [0.4, 0.5) is 5.82 Å². The van der Waals surface area contributed by atoms with Crippen molar-refractivity contribution >= 4 is 42.4 Å². The van der Waals surface area contributed by atoms with E-state index in [9.17, 15) is 9.59 Å². The van der Waals surface area contributed by atoms with Crippen molar-refractivity contribution < 1.29 is 14.1 Å². The zero-order chi connectivity index (χ0) is 16.1. The van der Waals surface area contributed by atoms with E-state index in [1.54, 1.807) is 13.0 Å². The van der Waals surface area contributed by atoms with Crippen molar-refractivity contribution in [3.63, 3.8) is 0 Å². The smallest absolute Gasteiger partial charge is 0.239 e. The quantitative estimate of drug-likeness (QED) is 0.769. The fourth-order valence-electron chi connectivity index (χ4n) is 2.35. The van der Waals surface area contributed by atoms with Crippen LogP contribution in [0.5, 0.6) is 0 Å². The van der Waals surface area contributed by atoms with Gasteiger partial charge in [-0.2, -0.15) is 0 Å². The Balaban J connectivity index is 0.00000264. The topological polar surface area (TPSA) is 105 Å². The second kappa shape index (κ2) is 10.5. The maximum absolute atomic E-state index is 12.0. The van der Waals surface area contributed by atoms with Crippen LogP contribution in [0.25, 0.3) is 0 Å². The molecule has 0 aliphatic carbocycles. The summed E-state index contributed by atoms with van der Waals surface area (Å²) < 4.78 is 4.90. The van der Waals surface area contributed by atoms with Gasteiger partial charge < -0.3 is 20.5 Å². The summed E-state index contributed by atoms with van der Waals surface area (Å²) in [5.74, 6) is 0.878. The molecule has 8 nitrogen and oxygen atoms in total. The summed E-state index contributed by atoms with van der Waals surface area (Å²) in [6.45, 7) is 6.84. The number of halogens is 2. The molecule has 1 aliphatic rings. The van der Waals surface area contributed by atoms with Gasteiger partial charge in [-0.1, -0.05) is 12.1 Å². The lowest BCUT2D eigenvalue weighted by Crippen LogP contribution is -2.52. The molecule has 1 unspecified atom stereocenters. The van der Waals surface area contributed by atoms with E-state index in [0.29, 0.717) is 44.3 Å². The molecule has 24 heavy (non-hydrogen) atoms. The second-order valence-electron chi connectivity index (χ2n) is 5.61. The molecular weight excluding hydrogens is 357 g/mol. The molecule has 10 heteroatoms. The standard InChI is InChI=1S/C14H23N5O3.2ClH/c1-10(8-15)14(21)19-5-3-18(4-6-19)9-13(20)16-12-7-11(2)22-17-12;;/h7,10H,3-6,8-9,15H2,1-2H3,(H,16,17,20);2*1H. The van der Waals surface area contributed by atoms with Gasteiger partial charge >= 0.3 is 0 Å². The first-order valence-corrected chi connectivity index (χ1v) is 7.44. The first-order chi connectivity index (χ1) is 10.5. The summed E-state index contributed by atoms with van der Waals surface area (Å²) in [6.07, 6.45) is 0. The molecule has 1 fully saturated rings. The summed E-state index contributed by atoms with van der Waals surface area (Å²) in [5, 5.41) is 6.41. The normalized spacial score (nSPS) is 15.9. The van der Waals surface area contributed by atoms with Gasteiger partial charge in [0.05, 0.1) is 6.54 Å². The number of nitrogens with two attached hydrogens (primary N) is 1. The monoisotopic (exact) mass is 381 g/mol. The maximum Gasteiger partial charge on any atom is 0.239 e. The van der Waals surface area contributed by atoms with Gasteiger partial charge in [0.2, 0.25) is 11.8 Å². The molecule has 1 aromatic heterocycles. The number of amides is 2. The highest BCUT2D eigenvalue weighted by Gasteiger charge is 2.25. The number of rotatable bonds is 5. The van der Waals surface area contributed by atoms with Gasteiger partial charge in [-0.3, -0.25) is 14.5 Å². The van der Waals surface area contributed by atoms with Crippen molar-refractivity contribution in [1.82, 2.24) is 15.0 Å². The number of nitrogens with zero attached hydrogens (tertiary/aromatic N) is 3. The molecule has 0 aromatic carbocycles. The van der Waals surface area contributed by atoms with Gasteiger partial charge in [-0.15, -0.1) is 24.8 Å². The molecule has 1 saturated heterocycles. The number of carbonyl (C=O) groups excluding carboxylic acids is 2. The highest BCUT2D eigenvalue weighted by Crippen LogP contribution is 2.09. The summed E-state index contributed by atoms with van der Waals surface area (Å²) in [5.41, 5.74) is 5.52. The first kappa shape index (κ1) is 22.6. The van der Waals surface area contributed by atoms with Crippen molar-refractivity contribution in [1.29, 1.82) is 0 Å².